The summed E-state index contributed by atoms with van der Waals surface area (Å²) in [5.74, 6) is -0.385. The number of rotatable bonds is 3. The Balaban J connectivity index is 2.76. The zero-order valence-corrected chi connectivity index (χ0v) is 8.56. The van der Waals surface area contributed by atoms with Crippen molar-refractivity contribution >= 4 is 17.3 Å². The van der Waals surface area contributed by atoms with Crippen LogP contribution in [0.25, 0.3) is 0 Å². The van der Waals surface area contributed by atoms with E-state index in [1.54, 1.807) is 11.3 Å². The van der Waals surface area contributed by atoms with Gasteiger partial charge in [0.2, 0.25) is 0 Å². The number of aryl methyl sites for hydroxylation is 1. The smallest absolute Gasteiger partial charge is 0.328 e. The summed E-state index contributed by atoms with van der Waals surface area (Å²) in [5.41, 5.74) is 5.65. The Bertz CT molecular complexity index is 296. The number of esters is 1. The molecule has 0 bridgehead atoms. The lowest BCUT2D eigenvalue weighted by Crippen LogP contribution is -2.21. The normalized spacial score (nSPS) is 12.5. The molecule has 1 atom stereocenters. The van der Waals surface area contributed by atoms with E-state index in [1.807, 2.05) is 12.1 Å². The number of carbonyl (C=O) groups is 1. The Kier molecular flexibility index (Phi) is 3.45. The average molecular weight is 199 g/mol. The largest absolute Gasteiger partial charge is 0.468 e. The first kappa shape index (κ1) is 10.2. The summed E-state index contributed by atoms with van der Waals surface area (Å²) in [5, 5.41) is 0. The van der Waals surface area contributed by atoms with Crippen molar-refractivity contribution in [2.45, 2.75) is 19.4 Å². The van der Waals surface area contributed by atoms with Gasteiger partial charge in [0, 0.05) is 9.75 Å². The molecule has 0 saturated heterocycles. The van der Waals surface area contributed by atoms with Gasteiger partial charge in [-0.15, -0.1) is 11.3 Å². The van der Waals surface area contributed by atoms with Crippen LogP contribution in [0.4, 0.5) is 0 Å². The number of ether oxygens (including phenoxy) is 1. The first-order chi connectivity index (χ1) is 6.19. The molecule has 0 unspecified atom stereocenters. The maximum absolute atomic E-state index is 11.1. The second-order valence-corrected chi connectivity index (χ2v) is 3.86. The molecule has 1 aromatic heterocycles. The fourth-order valence-electron chi connectivity index (χ4n) is 0.995. The van der Waals surface area contributed by atoms with Crippen LogP contribution < -0.4 is 5.73 Å². The van der Waals surface area contributed by atoms with Gasteiger partial charge in [-0.1, -0.05) is 6.92 Å². The van der Waals surface area contributed by atoms with Crippen molar-refractivity contribution in [3.8, 4) is 0 Å². The lowest BCUT2D eigenvalue weighted by atomic mass is 10.2. The van der Waals surface area contributed by atoms with Gasteiger partial charge < -0.3 is 10.5 Å². The molecular formula is C9H13NO2S. The van der Waals surface area contributed by atoms with Gasteiger partial charge in [0.05, 0.1) is 7.11 Å². The van der Waals surface area contributed by atoms with Crippen molar-refractivity contribution in [2.24, 2.45) is 5.73 Å². The molecule has 4 heteroatoms. The molecule has 13 heavy (non-hydrogen) atoms. The predicted octanol–water partition coefficient (Wildman–Crippen LogP) is 1.48. The summed E-state index contributed by atoms with van der Waals surface area (Å²) in [6.45, 7) is 2.07. The van der Waals surface area contributed by atoms with E-state index in [2.05, 4.69) is 11.7 Å². The van der Waals surface area contributed by atoms with Gasteiger partial charge >= 0.3 is 5.97 Å². The van der Waals surface area contributed by atoms with Crippen molar-refractivity contribution in [3.63, 3.8) is 0 Å². The van der Waals surface area contributed by atoms with E-state index in [1.165, 1.54) is 12.0 Å². The molecule has 0 saturated carbocycles. The highest BCUT2D eigenvalue weighted by Crippen LogP contribution is 2.22. The minimum Gasteiger partial charge on any atom is -0.468 e. The van der Waals surface area contributed by atoms with Gasteiger partial charge in [-0.05, 0) is 18.6 Å². The van der Waals surface area contributed by atoms with Gasteiger partial charge in [-0.3, -0.25) is 0 Å². The molecule has 0 fully saturated rings. The second kappa shape index (κ2) is 4.39. The third-order valence-corrected chi connectivity index (χ3v) is 3.11. The van der Waals surface area contributed by atoms with Gasteiger partial charge in [-0.2, -0.15) is 0 Å². The molecule has 0 aliphatic carbocycles. The molecule has 3 nitrogen and oxygen atoms in total. The number of methoxy groups -OCH3 is 1. The van der Waals surface area contributed by atoms with Crippen LogP contribution in [0.3, 0.4) is 0 Å². The molecule has 0 amide bonds. The van der Waals surface area contributed by atoms with E-state index in [-0.39, 0.29) is 5.97 Å². The predicted molar refractivity (Wildman–Crippen MR) is 52.6 cm³/mol. The summed E-state index contributed by atoms with van der Waals surface area (Å²) >= 11 is 1.56. The topological polar surface area (TPSA) is 52.3 Å². The number of hydrogen-bond acceptors (Lipinski definition) is 4. The Labute approximate surface area is 81.5 Å². The summed E-state index contributed by atoms with van der Waals surface area (Å²) in [7, 11) is 1.34. The molecule has 0 spiro atoms. The number of nitrogens with two attached hydrogens (primary N) is 1. The molecule has 0 aliphatic heterocycles. The van der Waals surface area contributed by atoms with Gasteiger partial charge in [0.1, 0.15) is 6.04 Å². The van der Waals surface area contributed by atoms with Crippen LogP contribution in [0.2, 0.25) is 0 Å². The van der Waals surface area contributed by atoms with Crippen molar-refractivity contribution in [1.29, 1.82) is 0 Å². The highest BCUT2D eigenvalue weighted by Gasteiger charge is 2.17. The highest BCUT2D eigenvalue weighted by atomic mass is 32.1. The lowest BCUT2D eigenvalue weighted by molar-refractivity contribution is -0.142. The van der Waals surface area contributed by atoms with E-state index >= 15 is 0 Å². The Morgan fingerprint density at radius 1 is 1.69 bits per heavy atom. The van der Waals surface area contributed by atoms with Crippen LogP contribution in [-0.4, -0.2) is 13.1 Å². The van der Waals surface area contributed by atoms with Crippen LogP contribution in [0.5, 0.6) is 0 Å². The Morgan fingerprint density at radius 2 is 2.38 bits per heavy atom. The van der Waals surface area contributed by atoms with Gasteiger partial charge in [0.15, 0.2) is 0 Å². The molecular weight excluding hydrogens is 186 g/mol. The molecule has 0 radical (unpaired) electrons. The third-order valence-electron chi connectivity index (χ3n) is 1.79. The van der Waals surface area contributed by atoms with Gasteiger partial charge in [0.25, 0.3) is 0 Å². The standard InChI is InChI=1S/C9H13NO2S/c1-3-6-4-5-7(13-6)8(10)9(11)12-2/h4-5,8H,3,10H2,1-2H3/t8-/m0/s1. The second-order valence-electron chi connectivity index (χ2n) is 2.66. The van der Waals surface area contributed by atoms with E-state index in [9.17, 15) is 4.79 Å². The molecule has 72 valence electrons. The molecule has 1 rings (SSSR count). The van der Waals surface area contributed by atoms with E-state index in [0.29, 0.717) is 0 Å². The Morgan fingerprint density at radius 3 is 2.85 bits per heavy atom. The maximum atomic E-state index is 11.1. The monoisotopic (exact) mass is 199 g/mol. The van der Waals surface area contributed by atoms with Crippen LogP contribution in [0.15, 0.2) is 12.1 Å². The number of hydrogen-bond donors (Lipinski definition) is 1. The average Bonchev–Trinajstić information content (AvgIpc) is 2.63. The molecule has 0 aliphatic rings. The molecule has 2 N–H and O–H groups in total. The fraction of sp³-hybridized carbons (Fsp3) is 0.444. The van der Waals surface area contributed by atoms with E-state index in [4.69, 9.17) is 5.73 Å². The van der Waals surface area contributed by atoms with Crippen molar-refractivity contribution in [2.75, 3.05) is 7.11 Å². The van der Waals surface area contributed by atoms with Crippen LogP contribution in [0, 0.1) is 0 Å². The summed E-state index contributed by atoms with van der Waals surface area (Å²) in [6.07, 6.45) is 0.971. The number of carbonyl (C=O) groups excluding carboxylic acids is 1. The van der Waals surface area contributed by atoms with Gasteiger partial charge in [-0.25, -0.2) is 4.79 Å². The first-order valence-electron chi connectivity index (χ1n) is 4.11. The van der Waals surface area contributed by atoms with Crippen molar-refractivity contribution in [3.05, 3.63) is 21.9 Å². The molecule has 1 aromatic rings. The summed E-state index contributed by atoms with van der Waals surface area (Å²) in [6, 6.07) is 3.24. The maximum Gasteiger partial charge on any atom is 0.328 e. The molecule has 1 heterocycles. The van der Waals surface area contributed by atoms with E-state index < -0.39 is 6.04 Å². The minimum atomic E-state index is -0.629. The first-order valence-corrected chi connectivity index (χ1v) is 4.92. The Hall–Kier alpha value is -0.870. The quantitative estimate of drug-likeness (QED) is 0.750. The van der Waals surface area contributed by atoms with E-state index in [0.717, 1.165) is 11.3 Å². The fourth-order valence-corrected chi connectivity index (χ4v) is 1.94. The summed E-state index contributed by atoms with van der Waals surface area (Å²) < 4.78 is 4.55. The van der Waals surface area contributed by atoms with Crippen LogP contribution >= 0.6 is 11.3 Å². The highest BCUT2D eigenvalue weighted by molar-refractivity contribution is 7.12. The third kappa shape index (κ3) is 2.29. The number of thiophene rings is 1. The zero-order chi connectivity index (χ0) is 9.84. The SMILES string of the molecule is CCc1ccc([C@H](N)C(=O)OC)s1. The van der Waals surface area contributed by atoms with Crippen LogP contribution in [0.1, 0.15) is 22.7 Å². The molecule has 0 aromatic carbocycles. The zero-order valence-electron chi connectivity index (χ0n) is 7.74. The van der Waals surface area contributed by atoms with Crippen molar-refractivity contribution in [1.82, 2.24) is 0 Å². The van der Waals surface area contributed by atoms with Crippen LogP contribution in [-0.2, 0) is 16.0 Å². The minimum absolute atomic E-state index is 0.385. The lowest BCUT2D eigenvalue weighted by Gasteiger charge is -2.05. The van der Waals surface area contributed by atoms with Crippen molar-refractivity contribution < 1.29 is 9.53 Å². The summed E-state index contributed by atoms with van der Waals surface area (Å²) in [4.78, 5) is 13.2.